The summed E-state index contributed by atoms with van der Waals surface area (Å²) in [4.78, 5) is 40.0. The number of hydrogen-bond donors (Lipinski definition) is 3. The Morgan fingerprint density at radius 1 is 0.390 bits per heavy atom. The van der Waals surface area contributed by atoms with Gasteiger partial charge in [-0.1, -0.05) is 130 Å². The standard InChI is InChI=1S/4C8H16O2.Rh/c4*1-2-3-4-5-6-7-8(9)10;/h4*2-7H2,1H3,(H,9,10);/p-1. The van der Waals surface area contributed by atoms with Crippen LogP contribution in [0.3, 0.4) is 0 Å². The first-order chi connectivity index (χ1) is 19.1. The average Bonchev–Trinajstić information content (AvgIpc) is 2.89. The zero-order valence-corrected chi connectivity index (χ0v) is 28.3. The maximum Gasteiger partial charge on any atom is 0.303 e. The molecule has 0 amide bonds. The molecule has 3 N–H and O–H groups in total. The first-order valence-corrected chi connectivity index (χ1v) is 15.9. The largest absolute Gasteiger partial charge is 0.550 e. The molecular weight excluding hydrogens is 615 g/mol. The summed E-state index contributed by atoms with van der Waals surface area (Å²) in [5.41, 5.74) is 0. The van der Waals surface area contributed by atoms with Gasteiger partial charge in [-0.25, -0.2) is 0 Å². The van der Waals surface area contributed by atoms with E-state index in [0.717, 1.165) is 57.8 Å². The van der Waals surface area contributed by atoms with Gasteiger partial charge in [-0.3, -0.25) is 14.4 Å². The molecule has 0 rings (SSSR count). The van der Waals surface area contributed by atoms with Gasteiger partial charge >= 0.3 is 17.9 Å². The van der Waals surface area contributed by atoms with E-state index in [2.05, 4.69) is 27.7 Å². The molecule has 0 aliphatic heterocycles. The summed E-state index contributed by atoms with van der Waals surface area (Å²) in [6, 6.07) is 0. The number of carbonyl (C=O) groups is 4. The molecule has 0 spiro atoms. The Hall–Kier alpha value is -1.50. The molecule has 249 valence electrons. The van der Waals surface area contributed by atoms with Crippen LogP contribution in [0, 0.1) is 0 Å². The van der Waals surface area contributed by atoms with Crippen molar-refractivity contribution in [3.05, 3.63) is 0 Å². The first kappa shape index (κ1) is 49.2. The van der Waals surface area contributed by atoms with Crippen molar-refractivity contribution in [3.63, 3.8) is 0 Å². The molecule has 0 saturated heterocycles. The minimum Gasteiger partial charge on any atom is -0.550 e. The number of carboxylic acid groups (broad SMARTS) is 4. The molecule has 1 radical (unpaired) electrons. The van der Waals surface area contributed by atoms with E-state index in [1.165, 1.54) is 70.6 Å². The van der Waals surface area contributed by atoms with E-state index in [-0.39, 0.29) is 25.9 Å². The molecule has 0 aromatic carbocycles. The van der Waals surface area contributed by atoms with E-state index >= 15 is 0 Å². The molecule has 0 fully saturated rings. The Bertz CT molecular complexity index is 460. The molecule has 0 unspecified atom stereocenters. The monoisotopic (exact) mass is 678 g/mol. The van der Waals surface area contributed by atoms with Crippen molar-refractivity contribution in [1.82, 2.24) is 0 Å². The molecule has 9 heteroatoms. The molecule has 0 atom stereocenters. The van der Waals surface area contributed by atoms with E-state index in [1.807, 2.05) is 0 Å². The summed E-state index contributed by atoms with van der Waals surface area (Å²) in [6.45, 7) is 8.59. The molecule has 0 heterocycles. The second-order valence-corrected chi connectivity index (χ2v) is 10.2. The fourth-order valence-corrected chi connectivity index (χ4v) is 3.51. The Labute approximate surface area is 264 Å². The number of hydrogen-bond acceptors (Lipinski definition) is 5. The van der Waals surface area contributed by atoms with Crippen molar-refractivity contribution >= 4 is 23.9 Å². The van der Waals surface area contributed by atoms with Crippen molar-refractivity contribution < 1.29 is 59.1 Å². The predicted octanol–water partition coefficient (Wildman–Crippen LogP) is 8.39. The fourth-order valence-electron chi connectivity index (χ4n) is 3.51. The van der Waals surface area contributed by atoms with Gasteiger partial charge in [0.2, 0.25) is 0 Å². The van der Waals surface area contributed by atoms with Gasteiger partial charge in [-0.05, 0) is 32.1 Å². The summed E-state index contributed by atoms with van der Waals surface area (Å²) in [7, 11) is 0. The quantitative estimate of drug-likeness (QED) is 0.0680. The molecule has 0 bridgehead atoms. The predicted molar refractivity (Wildman–Crippen MR) is 161 cm³/mol. The number of carboxylic acids is 4. The number of carbonyl (C=O) groups excluding carboxylic acids is 1. The summed E-state index contributed by atoms with van der Waals surface area (Å²) >= 11 is 0. The van der Waals surface area contributed by atoms with Gasteiger partial charge in [0.05, 0.1) is 0 Å². The van der Waals surface area contributed by atoms with Gasteiger partial charge in [0.1, 0.15) is 0 Å². The van der Waals surface area contributed by atoms with E-state index in [4.69, 9.17) is 15.3 Å². The van der Waals surface area contributed by atoms with Crippen molar-refractivity contribution in [2.45, 2.75) is 182 Å². The smallest absolute Gasteiger partial charge is 0.303 e. The van der Waals surface area contributed by atoms with Crippen LogP contribution in [0.25, 0.3) is 0 Å². The molecule has 0 aliphatic rings. The van der Waals surface area contributed by atoms with Crippen molar-refractivity contribution in [3.8, 4) is 0 Å². The van der Waals surface area contributed by atoms with Gasteiger partial charge in [0.15, 0.2) is 0 Å². The van der Waals surface area contributed by atoms with Gasteiger partial charge in [0, 0.05) is 44.7 Å². The van der Waals surface area contributed by atoms with Crippen LogP contribution in [0.4, 0.5) is 0 Å². The van der Waals surface area contributed by atoms with Gasteiger partial charge in [-0.15, -0.1) is 0 Å². The second-order valence-electron chi connectivity index (χ2n) is 10.2. The van der Waals surface area contributed by atoms with E-state index in [0.29, 0.717) is 19.3 Å². The second kappa shape index (κ2) is 45.5. The molecule has 0 saturated carbocycles. The normalized spacial score (nSPS) is 9.46. The number of unbranched alkanes of at least 4 members (excludes halogenated alkanes) is 16. The Morgan fingerprint density at radius 3 is 0.756 bits per heavy atom. The Balaban J connectivity index is -0.000000139. The Morgan fingerprint density at radius 2 is 0.585 bits per heavy atom. The summed E-state index contributed by atoms with van der Waals surface area (Å²) in [5, 5.41) is 34.7. The molecule has 0 aliphatic carbocycles. The minimum atomic E-state index is -0.920. The van der Waals surface area contributed by atoms with Crippen LogP contribution in [-0.4, -0.2) is 39.2 Å². The average molecular weight is 679 g/mol. The zero-order chi connectivity index (χ0) is 31.3. The van der Waals surface area contributed by atoms with E-state index in [1.54, 1.807) is 0 Å². The van der Waals surface area contributed by atoms with Gasteiger partial charge in [-0.2, -0.15) is 0 Å². The fraction of sp³-hybridized carbons (Fsp3) is 0.875. The van der Waals surface area contributed by atoms with E-state index < -0.39 is 23.9 Å². The van der Waals surface area contributed by atoms with Crippen LogP contribution in [0.1, 0.15) is 182 Å². The molecular formula is C32H63O8Rh-. The van der Waals surface area contributed by atoms with E-state index in [9.17, 15) is 24.3 Å². The van der Waals surface area contributed by atoms with Crippen LogP contribution < -0.4 is 5.11 Å². The SMILES string of the molecule is CCCCCCCC(=O)O.CCCCCCCC(=O)O.CCCCCCCC(=O)O.CCCCCCCC(=O)[O-].[Rh]. The van der Waals surface area contributed by atoms with Crippen LogP contribution in [0.2, 0.25) is 0 Å². The van der Waals surface area contributed by atoms with Crippen LogP contribution >= 0.6 is 0 Å². The van der Waals surface area contributed by atoms with Crippen LogP contribution in [-0.2, 0) is 38.7 Å². The minimum absolute atomic E-state index is 0. The first-order valence-electron chi connectivity index (χ1n) is 15.9. The summed E-state index contributed by atoms with van der Waals surface area (Å²) in [6.07, 6.45) is 23.3. The number of rotatable bonds is 24. The zero-order valence-electron chi connectivity index (χ0n) is 26.7. The van der Waals surface area contributed by atoms with Gasteiger partial charge in [0.25, 0.3) is 0 Å². The summed E-state index contributed by atoms with van der Waals surface area (Å²) < 4.78 is 0. The van der Waals surface area contributed by atoms with Crippen molar-refractivity contribution in [2.24, 2.45) is 0 Å². The third-order valence-corrected chi connectivity index (χ3v) is 5.97. The maximum absolute atomic E-state index is 10.0. The molecule has 8 nitrogen and oxygen atoms in total. The third-order valence-electron chi connectivity index (χ3n) is 5.97. The van der Waals surface area contributed by atoms with Crippen molar-refractivity contribution in [2.75, 3.05) is 0 Å². The van der Waals surface area contributed by atoms with Crippen LogP contribution in [0.5, 0.6) is 0 Å². The molecule has 41 heavy (non-hydrogen) atoms. The van der Waals surface area contributed by atoms with Gasteiger partial charge < -0.3 is 25.2 Å². The topological polar surface area (TPSA) is 152 Å². The maximum atomic E-state index is 10.0. The molecule has 0 aromatic heterocycles. The number of aliphatic carboxylic acids is 4. The summed E-state index contributed by atoms with van der Waals surface area (Å²) in [5.74, 6) is -2.93. The third kappa shape index (κ3) is 73.0. The molecule has 0 aromatic rings. The van der Waals surface area contributed by atoms with Crippen molar-refractivity contribution in [1.29, 1.82) is 0 Å². The Kier molecular flexibility index (Phi) is 54.6. The van der Waals surface area contributed by atoms with Crippen LogP contribution in [0.15, 0.2) is 0 Å².